The van der Waals surface area contributed by atoms with Crippen molar-refractivity contribution in [2.75, 3.05) is 23.8 Å². The molecule has 2 N–H and O–H groups in total. The predicted octanol–water partition coefficient (Wildman–Crippen LogP) is 10.2. The van der Waals surface area contributed by atoms with Gasteiger partial charge in [0, 0.05) is 11.4 Å². The normalized spacial score (nSPS) is 20.9. The van der Waals surface area contributed by atoms with E-state index >= 15 is 0 Å². The van der Waals surface area contributed by atoms with Crippen LogP contribution in [0.25, 0.3) is 0 Å². The summed E-state index contributed by atoms with van der Waals surface area (Å²) in [6.07, 6.45) is 21.2. The molecule has 0 saturated carbocycles. The molecule has 6 rings (SSSR count). The molecular weight excluding hydrogens is 680 g/mol. The second kappa shape index (κ2) is 16.7. The van der Waals surface area contributed by atoms with Gasteiger partial charge in [0.05, 0.1) is 13.2 Å². The number of anilines is 2. The van der Waals surface area contributed by atoms with Gasteiger partial charge in [0.1, 0.15) is 11.5 Å². The monoisotopic (exact) mass is 727 g/mol. The Labute approximate surface area is 298 Å². The molecule has 2 unspecified atom stereocenters. The summed E-state index contributed by atoms with van der Waals surface area (Å²) in [7, 11) is -0.354. The van der Waals surface area contributed by atoms with E-state index in [4.69, 9.17) is 21.7 Å². The Morgan fingerprint density at radius 2 is 1.17 bits per heavy atom. The third kappa shape index (κ3) is 8.76. The van der Waals surface area contributed by atoms with E-state index in [-0.39, 0.29) is 8.41 Å². The SMILES string of the molecule is CCOc1ccc(NC(=S)Nc2ccc(OCC)cc2)cc1.C[Si](C)=C[C]([Zr])(C1C=CC2=C1CCCC2)C1C=CC2=C1CCCC2. The van der Waals surface area contributed by atoms with Gasteiger partial charge in [0.25, 0.3) is 0 Å². The summed E-state index contributed by atoms with van der Waals surface area (Å²) in [5, 5.41) is 6.80. The number of benzene rings is 2. The number of nitrogens with one attached hydrogen (secondary N) is 2. The Kier molecular flexibility index (Phi) is 12.7. The summed E-state index contributed by atoms with van der Waals surface area (Å²) < 4.78 is 11.2. The summed E-state index contributed by atoms with van der Waals surface area (Å²) in [4.78, 5) is 0. The average molecular weight is 729 g/mol. The first-order valence-electron chi connectivity index (χ1n) is 17.1. The van der Waals surface area contributed by atoms with E-state index in [0.717, 1.165) is 22.9 Å². The standard InChI is InChI=1S/C22H29Si.C17H20N2O2S.Zr/c1-23(2)15-22(20-13-11-16-7-3-5-9-18(16)20)21-14-12-17-8-4-6-10-19(17)21;1-3-20-15-9-5-13(6-10-15)18-17(22)19-14-7-11-16(12-8-14)21-4-2;/h11-15,20-21H,3-10H2,1-2H3;5-12H,3-4H2,1-2H3,(H2,18,19,22);. The molecule has 2 aromatic carbocycles. The van der Waals surface area contributed by atoms with Gasteiger partial charge < -0.3 is 20.1 Å². The minimum atomic E-state index is -0.354. The fourth-order valence-electron chi connectivity index (χ4n) is 7.29. The summed E-state index contributed by atoms with van der Waals surface area (Å²) >= 11 is 7.04. The van der Waals surface area contributed by atoms with Crippen molar-refractivity contribution in [1.29, 1.82) is 0 Å². The van der Waals surface area contributed by atoms with Crippen LogP contribution in [0, 0.1) is 11.8 Å². The van der Waals surface area contributed by atoms with Crippen molar-refractivity contribution in [2.45, 2.75) is 81.4 Å². The summed E-state index contributed by atoms with van der Waals surface area (Å²) in [6.45, 7) is 10.2. The molecule has 2 atom stereocenters. The van der Waals surface area contributed by atoms with E-state index in [1.807, 2.05) is 73.5 Å². The third-order valence-corrected chi connectivity index (χ3v) is 13.1. The number of hydrogen-bond acceptors (Lipinski definition) is 3. The number of ether oxygens (including phenoxy) is 2. The molecule has 2 aromatic rings. The fourth-order valence-corrected chi connectivity index (χ4v) is 12.3. The van der Waals surface area contributed by atoms with Gasteiger partial charge in [-0.1, -0.05) is 0 Å². The predicted molar refractivity (Wildman–Crippen MR) is 198 cm³/mol. The number of rotatable bonds is 9. The molecule has 0 aromatic heterocycles. The van der Waals surface area contributed by atoms with E-state index in [1.165, 1.54) is 51.4 Å². The fraction of sp³-hybridized carbons (Fsp3) is 0.436. The topological polar surface area (TPSA) is 42.5 Å². The van der Waals surface area contributed by atoms with Crippen LogP contribution in [-0.4, -0.2) is 32.4 Å². The van der Waals surface area contributed by atoms with Crippen LogP contribution < -0.4 is 20.1 Å². The van der Waals surface area contributed by atoms with Crippen molar-refractivity contribution in [3.8, 4) is 11.5 Å². The van der Waals surface area contributed by atoms with Crippen LogP contribution in [0.15, 0.2) is 95.1 Å². The maximum absolute atomic E-state index is 5.40. The number of allylic oxidation sites excluding steroid dienone is 8. The van der Waals surface area contributed by atoms with Crippen LogP contribution in [0.3, 0.4) is 0 Å². The summed E-state index contributed by atoms with van der Waals surface area (Å²) in [6, 6.07) is 15.3. The molecule has 0 amide bonds. The molecule has 0 saturated heterocycles. The number of thiocarbonyl (C=S) groups is 1. The van der Waals surface area contributed by atoms with Gasteiger partial charge in [-0.2, -0.15) is 0 Å². The zero-order valence-electron chi connectivity index (χ0n) is 28.0. The molecule has 241 valence electrons. The Balaban J connectivity index is 0.000000182. The Morgan fingerprint density at radius 3 is 1.57 bits per heavy atom. The quantitative estimate of drug-likeness (QED) is 0.199. The van der Waals surface area contributed by atoms with Gasteiger partial charge in [-0.25, -0.2) is 0 Å². The molecule has 7 heteroatoms. The maximum atomic E-state index is 5.40. The van der Waals surface area contributed by atoms with Gasteiger partial charge in [-0.3, -0.25) is 0 Å². The Hall–Kier alpha value is -2.34. The second-order valence-electron chi connectivity index (χ2n) is 12.8. The first-order valence-corrected chi connectivity index (χ1v) is 21.3. The van der Waals surface area contributed by atoms with Gasteiger partial charge in [0.15, 0.2) is 5.11 Å². The molecule has 0 fully saturated rings. The first-order chi connectivity index (χ1) is 22.3. The van der Waals surface area contributed by atoms with E-state index in [9.17, 15) is 0 Å². The molecule has 46 heavy (non-hydrogen) atoms. The van der Waals surface area contributed by atoms with Gasteiger partial charge in [0.2, 0.25) is 0 Å². The molecular formula is C39H49N2O2SSiZr. The van der Waals surface area contributed by atoms with Crippen LogP contribution in [0.2, 0.25) is 16.2 Å². The van der Waals surface area contributed by atoms with Crippen molar-refractivity contribution in [3.63, 3.8) is 0 Å². The molecule has 4 aliphatic rings. The molecule has 0 spiro atoms. The van der Waals surface area contributed by atoms with Gasteiger partial charge in [-0.05, 0) is 74.6 Å². The Morgan fingerprint density at radius 1 is 0.761 bits per heavy atom. The summed E-state index contributed by atoms with van der Waals surface area (Å²) in [5.41, 5.74) is 11.7. The minimum absolute atomic E-state index is 0.354. The van der Waals surface area contributed by atoms with Crippen molar-refractivity contribution in [2.24, 2.45) is 11.8 Å². The van der Waals surface area contributed by atoms with E-state index in [0.29, 0.717) is 33.3 Å². The average Bonchev–Trinajstić information content (AvgIpc) is 3.69. The van der Waals surface area contributed by atoms with Crippen LogP contribution in [0.5, 0.6) is 11.5 Å². The van der Waals surface area contributed by atoms with Crippen LogP contribution in [0.1, 0.15) is 65.2 Å². The van der Waals surface area contributed by atoms with Crippen molar-refractivity contribution < 1.29 is 34.2 Å². The second-order valence-corrected chi connectivity index (χ2v) is 17.8. The number of hydrogen-bond donors (Lipinski definition) is 2. The van der Waals surface area contributed by atoms with Crippen LogP contribution in [0.4, 0.5) is 11.4 Å². The molecule has 4 aliphatic carbocycles. The molecule has 0 aliphatic heterocycles. The van der Waals surface area contributed by atoms with Crippen molar-refractivity contribution in [1.82, 2.24) is 0 Å². The van der Waals surface area contributed by atoms with Crippen molar-refractivity contribution >= 4 is 42.8 Å². The zero-order chi connectivity index (χ0) is 32.5. The van der Waals surface area contributed by atoms with Crippen LogP contribution in [-0.2, 0) is 24.7 Å². The zero-order valence-corrected chi connectivity index (χ0v) is 32.2. The van der Waals surface area contributed by atoms with Crippen molar-refractivity contribution in [3.05, 3.63) is 95.1 Å². The van der Waals surface area contributed by atoms with Gasteiger partial charge in [-0.15, -0.1) is 0 Å². The van der Waals surface area contributed by atoms with Crippen LogP contribution >= 0.6 is 12.2 Å². The van der Waals surface area contributed by atoms with E-state index in [1.54, 1.807) is 35.9 Å². The third-order valence-electron chi connectivity index (χ3n) is 9.24. The molecule has 4 nitrogen and oxygen atoms in total. The van der Waals surface area contributed by atoms with E-state index in [2.05, 4.69) is 53.7 Å². The summed E-state index contributed by atoms with van der Waals surface area (Å²) in [5.74, 6) is 3.07. The van der Waals surface area contributed by atoms with E-state index < -0.39 is 0 Å². The van der Waals surface area contributed by atoms with Gasteiger partial charge >= 0.3 is 165 Å². The Bertz CT molecular complexity index is 1420. The molecule has 0 bridgehead atoms. The first kappa shape index (κ1) is 35.0. The molecule has 0 radical (unpaired) electrons. The molecule has 0 heterocycles.